The minimum atomic E-state index is 0.149. The molecule has 0 bridgehead atoms. The van der Waals surface area contributed by atoms with Crippen molar-refractivity contribution in [3.8, 4) is 0 Å². The van der Waals surface area contributed by atoms with Gasteiger partial charge >= 0.3 is 0 Å². The molecule has 0 N–H and O–H groups in total. The van der Waals surface area contributed by atoms with Crippen molar-refractivity contribution >= 4 is 17.5 Å². The van der Waals surface area contributed by atoms with E-state index < -0.39 is 0 Å². The highest BCUT2D eigenvalue weighted by atomic mass is 35.5. The molecule has 1 saturated heterocycles. The number of carbonyl (C=O) groups is 1. The zero-order valence-electron chi connectivity index (χ0n) is 13.7. The molecule has 24 heavy (non-hydrogen) atoms. The summed E-state index contributed by atoms with van der Waals surface area (Å²) in [6.07, 6.45) is 2.79. The summed E-state index contributed by atoms with van der Waals surface area (Å²) in [4.78, 5) is 21.0. The Morgan fingerprint density at radius 2 is 2.12 bits per heavy atom. The van der Waals surface area contributed by atoms with E-state index in [9.17, 15) is 4.79 Å². The lowest BCUT2D eigenvalue weighted by atomic mass is 10.2. The van der Waals surface area contributed by atoms with E-state index in [0.29, 0.717) is 23.8 Å². The molecule has 6 nitrogen and oxygen atoms in total. The van der Waals surface area contributed by atoms with Crippen molar-refractivity contribution in [2.75, 3.05) is 26.2 Å². The number of hydrogen-bond acceptors (Lipinski definition) is 5. The number of halogens is 1. The Kier molecular flexibility index (Phi) is 5.48. The van der Waals surface area contributed by atoms with Crippen molar-refractivity contribution < 1.29 is 9.32 Å². The molecule has 0 aliphatic carbocycles. The smallest absolute Gasteiger partial charge is 0.223 e. The fraction of sp³-hybridized carbons (Fsp3) is 0.471. The highest BCUT2D eigenvalue weighted by molar-refractivity contribution is 6.29. The van der Waals surface area contributed by atoms with E-state index in [4.69, 9.17) is 16.1 Å². The molecule has 0 saturated carbocycles. The maximum Gasteiger partial charge on any atom is 0.223 e. The van der Waals surface area contributed by atoms with E-state index >= 15 is 0 Å². The van der Waals surface area contributed by atoms with Crippen molar-refractivity contribution in [2.45, 2.75) is 26.3 Å². The van der Waals surface area contributed by atoms with Crippen LogP contribution in [0.3, 0.4) is 0 Å². The van der Waals surface area contributed by atoms with Gasteiger partial charge in [0.15, 0.2) is 5.15 Å². The molecule has 128 valence electrons. The second kappa shape index (κ2) is 7.77. The van der Waals surface area contributed by atoms with Gasteiger partial charge in [0, 0.05) is 57.8 Å². The summed E-state index contributed by atoms with van der Waals surface area (Å²) in [5, 5.41) is 3.95. The van der Waals surface area contributed by atoms with Crippen LogP contribution in [0.4, 0.5) is 0 Å². The van der Waals surface area contributed by atoms with E-state index in [0.717, 1.165) is 38.4 Å². The highest BCUT2D eigenvalue weighted by Crippen LogP contribution is 2.13. The van der Waals surface area contributed by atoms with Crippen LogP contribution < -0.4 is 0 Å². The minimum absolute atomic E-state index is 0.149. The molecular formula is C17H21ClN4O2. The number of aromatic nitrogens is 2. The average molecular weight is 349 g/mol. The number of piperazine rings is 1. The van der Waals surface area contributed by atoms with E-state index in [-0.39, 0.29) is 5.91 Å². The van der Waals surface area contributed by atoms with Crippen molar-refractivity contribution in [1.82, 2.24) is 19.9 Å². The fourth-order valence-corrected chi connectivity index (χ4v) is 3.00. The first-order valence-corrected chi connectivity index (χ1v) is 8.51. The predicted molar refractivity (Wildman–Crippen MR) is 90.7 cm³/mol. The Bertz CT molecular complexity index is 695. The molecule has 0 radical (unpaired) electrons. The molecule has 0 aromatic carbocycles. The Balaban J connectivity index is 1.44. The molecule has 3 rings (SSSR count). The van der Waals surface area contributed by atoms with Gasteiger partial charge < -0.3 is 9.42 Å². The molecule has 2 aromatic heterocycles. The average Bonchev–Trinajstić information content (AvgIpc) is 3.01. The van der Waals surface area contributed by atoms with Gasteiger partial charge in [0.05, 0.1) is 5.69 Å². The molecule has 1 aliphatic rings. The van der Waals surface area contributed by atoms with Gasteiger partial charge in [0.2, 0.25) is 5.91 Å². The topological polar surface area (TPSA) is 62.5 Å². The van der Waals surface area contributed by atoms with Gasteiger partial charge in [-0.05, 0) is 18.6 Å². The first-order chi connectivity index (χ1) is 11.6. The molecule has 1 amide bonds. The number of hydrogen-bond donors (Lipinski definition) is 0. The number of nitrogens with zero attached hydrogens (tertiary/aromatic N) is 4. The van der Waals surface area contributed by atoms with Gasteiger partial charge in [-0.2, -0.15) is 0 Å². The number of aryl methyl sites for hydroxylation is 2. The lowest BCUT2D eigenvalue weighted by Gasteiger charge is -2.34. The molecular weight excluding hydrogens is 328 g/mol. The quantitative estimate of drug-likeness (QED) is 0.829. The second-order valence-corrected chi connectivity index (χ2v) is 6.43. The van der Waals surface area contributed by atoms with Gasteiger partial charge in [0.25, 0.3) is 0 Å². The van der Waals surface area contributed by atoms with Gasteiger partial charge in [-0.1, -0.05) is 22.8 Å². The third-order valence-electron chi connectivity index (χ3n) is 4.33. The zero-order valence-corrected chi connectivity index (χ0v) is 14.5. The Morgan fingerprint density at radius 1 is 1.33 bits per heavy atom. The van der Waals surface area contributed by atoms with Crippen molar-refractivity contribution in [3.63, 3.8) is 0 Å². The van der Waals surface area contributed by atoms with Gasteiger partial charge in [-0.25, -0.2) is 0 Å². The lowest BCUT2D eigenvalue weighted by molar-refractivity contribution is -0.133. The summed E-state index contributed by atoms with van der Waals surface area (Å²) in [6, 6.07) is 5.69. The molecule has 7 heteroatoms. The zero-order chi connectivity index (χ0) is 16.9. The third kappa shape index (κ3) is 4.33. The van der Waals surface area contributed by atoms with Crippen LogP contribution in [0.2, 0.25) is 5.15 Å². The summed E-state index contributed by atoms with van der Waals surface area (Å²) < 4.78 is 5.03. The molecule has 0 spiro atoms. The first-order valence-electron chi connectivity index (χ1n) is 8.13. The summed E-state index contributed by atoms with van der Waals surface area (Å²) >= 11 is 5.71. The Labute approximate surface area is 146 Å². The van der Waals surface area contributed by atoms with Crippen molar-refractivity contribution in [3.05, 3.63) is 46.6 Å². The normalized spacial score (nSPS) is 15.7. The standard InChI is InChI=1S/C17H21ClN4O2/c1-13-3-2-6-19-15(13)12-21-7-9-22(10-8-21)17(23)5-4-14-11-16(18)20-24-14/h2-3,6,11H,4-5,7-10,12H2,1H3. The summed E-state index contributed by atoms with van der Waals surface area (Å²) in [6.45, 7) is 6.17. The maximum absolute atomic E-state index is 12.3. The molecule has 1 aliphatic heterocycles. The van der Waals surface area contributed by atoms with Gasteiger partial charge in [-0.3, -0.25) is 14.7 Å². The van der Waals surface area contributed by atoms with Crippen LogP contribution in [0, 0.1) is 6.92 Å². The van der Waals surface area contributed by atoms with Gasteiger partial charge in [-0.15, -0.1) is 0 Å². The van der Waals surface area contributed by atoms with Crippen molar-refractivity contribution in [1.29, 1.82) is 0 Å². The molecule has 1 fully saturated rings. The Morgan fingerprint density at radius 3 is 2.79 bits per heavy atom. The van der Waals surface area contributed by atoms with Crippen LogP contribution in [-0.4, -0.2) is 52.0 Å². The minimum Gasteiger partial charge on any atom is -0.360 e. The van der Waals surface area contributed by atoms with Crippen LogP contribution in [0.15, 0.2) is 28.9 Å². The van der Waals surface area contributed by atoms with Crippen LogP contribution in [0.1, 0.15) is 23.4 Å². The van der Waals surface area contributed by atoms with E-state index in [2.05, 4.69) is 28.0 Å². The van der Waals surface area contributed by atoms with E-state index in [1.54, 1.807) is 6.07 Å². The first kappa shape index (κ1) is 16.9. The SMILES string of the molecule is Cc1cccnc1CN1CCN(C(=O)CCc2cc(Cl)no2)CC1. The second-order valence-electron chi connectivity index (χ2n) is 6.04. The molecule has 2 aromatic rings. The van der Waals surface area contributed by atoms with Crippen LogP contribution in [-0.2, 0) is 17.8 Å². The van der Waals surface area contributed by atoms with E-state index in [1.807, 2.05) is 17.2 Å². The predicted octanol–water partition coefficient (Wildman–Crippen LogP) is 2.31. The largest absolute Gasteiger partial charge is 0.360 e. The van der Waals surface area contributed by atoms with Crippen LogP contribution >= 0.6 is 11.6 Å². The molecule has 0 atom stereocenters. The molecule has 0 unspecified atom stereocenters. The summed E-state index contributed by atoms with van der Waals surface area (Å²) in [7, 11) is 0. The third-order valence-corrected chi connectivity index (χ3v) is 4.51. The van der Waals surface area contributed by atoms with E-state index in [1.165, 1.54) is 5.56 Å². The monoisotopic (exact) mass is 348 g/mol. The van der Waals surface area contributed by atoms with Crippen LogP contribution in [0.5, 0.6) is 0 Å². The number of pyridine rings is 1. The summed E-state index contributed by atoms with van der Waals surface area (Å²) in [5.41, 5.74) is 2.32. The van der Waals surface area contributed by atoms with Gasteiger partial charge in [0.1, 0.15) is 5.76 Å². The lowest BCUT2D eigenvalue weighted by Crippen LogP contribution is -2.48. The number of amides is 1. The van der Waals surface area contributed by atoms with Crippen molar-refractivity contribution in [2.24, 2.45) is 0 Å². The number of carbonyl (C=O) groups excluding carboxylic acids is 1. The summed E-state index contributed by atoms with van der Waals surface area (Å²) in [5.74, 6) is 0.800. The Hall–Kier alpha value is -1.92. The highest BCUT2D eigenvalue weighted by Gasteiger charge is 2.21. The van der Waals surface area contributed by atoms with Crippen LogP contribution in [0.25, 0.3) is 0 Å². The number of rotatable bonds is 5. The fourth-order valence-electron chi connectivity index (χ4n) is 2.84. The molecule has 3 heterocycles. The maximum atomic E-state index is 12.3.